The Morgan fingerprint density at radius 2 is 2.00 bits per heavy atom. The van der Waals surface area contributed by atoms with Gasteiger partial charge in [0.05, 0.1) is 12.5 Å². The summed E-state index contributed by atoms with van der Waals surface area (Å²) < 4.78 is 5.43. The van der Waals surface area contributed by atoms with Crippen LogP contribution in [0.4, 0.5) is 10.8 Å². The molecule has 1 N–H and O–H groups in total. The predicted molar refractivity (Wildman–Crippen MR) is 110 cm³/mol. The Labute approximate surface area is 169 Å². The normalized spacial score (nSPS) is 17.1. The van der Waals surface area contributed by atoms with Gasteiger partial charge in [0.15, 0.2) is 0 Å². The summed E-state index contributed by atoms with van der Waals surface area (Å²) in [7, 11) is 0. The van der Waals surface area contributed by atoms with E-state index in [1.54, 1.807) is 4.90 Å². The number of carbonyl (C=O) groups excluding carboxylic acids is 2. The highest BCUT2D eigenvalue weighted by molar-refractivity contribution is 7.15. The highest BCUT2D eigenvalue weighted by atomic mass is 32.1. The number of ether oxygens (including phenoxy) is 1. The van der Waals surface area contributed by atoms with E-state index in [4.69, 9.17) is 4.74 Å². The summed E-state index contributed by atoms with van der Waals surface area (Å²) in [5, 5.41) is 12.4. The zero-order valence-electron chi connectivity index (χ0n) is 16.7. The summed E-state index contributed by atoms with van der Waals surface area (Å²) in [5.41, 5.74) is 0.879. The van der Waals surface area contributed by atoms with Crippen LogP contribution >= 0.6 is 11.3 Å². The third kappa shape index (κ3) is 5.07. The molecule has 1 aromatic heterocycles. The van der Waals surface area contributed by atoms with Crippen LogP contribution in [0.25, 0.3) is 0 Å². The molecule has 1 aromatic carbocycles. The van der Waals surface area contributed by atoms with E-state index in [0.717, 1.165) is 22.9 Å². The molecule has 7 nitrogen and oxygen atoms in total. The minimum Gasteiger partial charge on any atom is -0.494 e. The minimum atomic E-state index is -0.408. The van der Waals surface area contributed by atoms with E-state index in [2.05, 4.69) is 36.3 Å². The van der Waals surface area contributed by atoms with Gasteiger partial charge in [-0.25, -0.2) is 0 Å². The van der Waals surface area contributed by atoms with Crippen LogP contribution in [0.1, 0.15) is 39.1 Å². The zero-order valence-corrected chi connectivity index (χ0v) is 17.5. The Morgan fingerprint density at radius 1 is 1.29 bits per heavy atom. The lowest BCUT2D eigenvalue weighted by Gasteiger charge is -2.17. The maximum atomic E-state index is 12.6. The standard InChI is InChI=1S/C20H26N4O3S/c1-5-27-15-8-6-14(7-9-15)24-12-13(10-17(24)25)18(26)21-19-23-22-16(28-19)11-20(2,3)4/h6-9,13H,5,10-12H2,1-4H3,(H,21,23,26)/t13-/m0/s1. The van der Waals surface area contributed by atoms with Crippen LogP contribution in [0.3, 0.4) is 0 Å². The van der Waals surface area contributed by atoms with Crippen molar-refractivity contribution in [1.82, 2.24) is 10.2 Å². The van der Waals surface area contributed by atoms with Crippen molar-refractivity contribution in [2.45, 2.75) is 40.5 Å². The Balaban J connectivity index is 1.60. The molecule has 28 heavy (non-hydrogen) atoms. The van der Waals surface area contributed by atoms with Crippen LogP contribution in [0.5, 0.6) is 5.75 Å². The first kappa shape index (κ1) is 20.3. The molecule has 1 atom stereocenters. The van der Waals surface area contributed by atoms with Crippen molar-refractivity contribution in [3.63, 3.8) is 0 Å². The number of nitrogens with zero attached hydrogens (tertiary/aromatic N) is 3. The second-order valence-corrected chi connectivity index (χ2v) is 9.12. The Morgan fingerprint density at radius 3 is 2.64 bits per heavy atom. The first-order valence-electron chi connectivity index (χ1n) is 9.41. The van der Waals surface area contributed by atoms with Gasteiger partial charge in [-0.05, 0) is 36.6 Å². The number of hydrogen-bond acceptors (Lipinski definition) is 6. The minimum absolute atomic E-state index is 0.0602. The number of amides is 2. The molecule has 3 rings (SSSR count). The van der Waals surface area contributed by atoms with E-state index in [1.807, 2.05) is 31.2 Å². The largest absolute Gasteiger partial charge is 0.494 e. The molecule has 0 aliphatic carbocycles. The molecule has 0 saturated carbocycles. The highest BCUT2D eigenvalue weighted by Crippen LogP contribution is 2.29. The third-order valence-electron chi connectivity index (χ3n) is 4.33. The molecule has 8 heteroatoms. The van der Waals surface area contributed by atoms with Gasteiger partial charge < -0.3 is 15.0 Å². The molecule has 1 saturated heterocycles. The van der Waals surface area contributed by atoms with Crippen molar-refractivity contribution in [2.75, 3.05) is 23.4 Å². The summed E-state index contributed by atoms with van der Waals surface area (Å²) in [6.45, 7) is 9.26. The molecule has 2 aromatic rings. The van der Waals surface area contributed by atoms with Gasteiger partial charge in [-0.3, -0.25) is 9.59 Å². The fraction of sp³-hybridized carbons (Fsp3) is 0.500. The van der Waals surface area contributed by atoms with E-state index >= 15 is 0 Å². The first-order chi connectivity index (χ1) is 13.2. The first-order valence-corrected chi connectivity index (χ1v) is 10.2. The Bertz CT molecular complexity index is 842. The molecule has 0 radical (unpaired) electrons. The molecule has 1 aliphatic heterocycles. The number of carbonyl (C=O) groups is 2. The lowest BCUT2D eigenvalue weighted by Crippen LogP contribution is -2.28. The zero-order chi connectivity index (χ0) is 20.3. The number of anilines is 2. The quantitative estimate of drug-likeness (QED) is 0.799. The summed E-state index contributed by atoms with van der Waals surface area (Å²) in [4.78, 5) is 26.6. The topological polar surface area (TPSA) is 84.4 Å². The van der Waals surface area contributed by atoms with Gasteiger partial charge in [0.1, 0.15) is 10.8 Å². The molecule has 0 unspecified atom stereocenters. The number of hydrogen-bond donors (Lipinski definition) is 1. The maximum Gasteiger partial charge on any atom is 0.231 e. The van der Waals surface area contributed by atoms with Crippen molar-refractivity contribution in [1.29, 1.82) is 0 Å². The van der Waals surface area contributed by atoms with E-state index in [-0.39, 0.29) is 23.7 Å². The van der Waals surface area contributed by atoms with Gasteiger partial charge in [0.2, 0.25) is 16.9 Å². The SMILES string of the molecule is CCOc1ccc(N2C[C@@H](C(=O)Nc3nnc(CC(C)(C)C)s3)CC2=O)cc1. The van der Waals surface area contributed by atoms with Gasteiger partial charge in [-0.15, -0.1) is 10.2 Å². The van der Waals surface area contributed by atoms with Crippen LogP contribution in [-0.4, -0.2) is 35.2 Å². The number of rotatable bonds is 6. The average Bonchev–Trinajstić information content (AvgIpc) is 3.21. The second kappa shape index (κ2) is 8.26. The number of nitrogens with one attached hydrogen (secondary N) is 1. The third-order valence-corrected chi connectivity index (χ3v) is 5.17. The molecule has 2 heterocycles. The Hall–Kier alpha value is -2.48. The van der Waals surface area contributed by atoms with Crippen molar-refractivity contribution >= 4 is 34.0 Å². The second-order valence-electron chi connectivity index (χ2n) is 8.06. The van der Waals surface area contributed by atoms with Crippen molar-refractivity contribution in [3.05, 3.63) is 29.3 Å². The van der Waals surface area contributed by atoms with Gasteiger partial charge in [-0.1, -0.05) is 32.1 Å². The summed E-state index contributed by atoms with van der Waals surface area (Å²) in [5.74, 6) is 0.0961. The fourth-order valence-corrected chi connectivity index (χ4v) is 4.10. The van der Waals surface area contributed by atoms with Crippen LogP contribution in [-0.2, 0) is 16.0 Å². The van der Waals surface area contributed by atoms with Gasteiger partial charge in [0, 0.05) is 25.1 Å². The molecule has 150 valence electrons. The van der Waals surface area contributed by atoms with Gasteiger partial charge in [0.25, 0.3) is 0 Å². The summed E-state index contributed by atoms with van der Waals surface area (Å²) >= 11 is 1.38. The van der Waals surface area contributed by atoms with Crippen molar-refractivity contribution in [3.8, 4) is 5.75 Å². The average molecular weight is 403 g/mol. The highest BCUT2D eigenvalue weighted by Gasteiger charge is 2.35. The van der Waals surface area contributed by atoms with Crippen LogP contribution in [0.2, 0.25) is 0 Å². The van der Waals surface area contributed by atoms with Gasteiger partial charge >= 0.3 is 0 Å². The van der Waals surface area contributed by atoms with Crippen LogP contribution in [0, 0.1) is 11.3 Å². The van der Waals surface area contributed by atoms with Crippen molar-refractivity contribution in [2.24, 2.45) is 11.3 Å². The van der Waals surface area contributed by atoms with Gasteiger partial charge in [-0.2, -0.15) is 0 Å². The van der Waals surface area contributed by atoms with E-state index in [1.165, 1.54) is 11.3 Å². The summed E-state index contributed by atoms with van der Waals surface area (Å²) in [6, 6.07) is 7.34. The molecule has 1 aliphatic rings. The van der Waals surface area contributed by atoms with E-state index < -0.39 is 5.92 Å². The fourth-order valence-electron chi connectivity index (χ4n) is 3.06. The molecule has 0 spiro atoms. The monoisotopic (exact) mass is 402 g/mol. The Kier molecular flexibility index (Phi) is 5.98. The number of aromatic nitrogens is 2. The van der Waals surface area contributed by atoms with E-state index in [0.29, 0.717) is 18.3 Å². The lowest BCUT2D eigenvalue weighted by atomic mass is 9.93. The molecular weight excluding hydrogens is 376 g/mol. The smallest absolute Gasteiger partial charge is 0.231 e. The predicted octanol–water partition coefficient (Wildman–Crippen LogP) is 3.52. The maximum absolute atomic E-state index is 12.6. The summed E-state index contributed by atoms with van der Waals surface area (Å²) in [6.07, 6.45) is 0.987. The lowest BCUT2D eigenvalue weighted by molar-refractivity contribution is -0.122. The molecule has 1 fully saturated rings. The molecule has 2 amide bonds. The molecular formula is C20H26N4O3S. The number of benzene rings is 1. The molecule has 0 bridgehead atoms. The van der Waals surface area contributed by atoms with Crippen molar-refractivity contribution < 1.29 is 14.3 Å². The van der Waals surface area contributed by atoms with Crippen LogP contribution < -0.4 is 15.0 Å². The van der Waals surface area contributed by atoms with Crippen LogP contribution in [0.15, 0.2) is 24.3 Å². The van der Waals surface area contributed by atoms with E-state index in [9.17, 15) is 9.59 Å².